The van der Waals surface area contributed by atoms with Crippen LogP contribution in [-0.2, 0) is 0 Å². The molecule has 0 bridgehead atoms. The number of hydrogen-bond acceptors (Lipinski definition) is 5. The Bertz CT molecular complexity index is 1560. The van der Waals surface area contributed by atoms with E-state index in [1.54, 1.807) is 30.3 Å². The second kappa shape index (κ2) is 9.37. The second-order valence-electron chi connectivity index (χ2n) is 7.99. The molecule has 5 aromatic rings. The number of furan rings is 1. The summed E-state index contributed by atoms with van der Waals surface area (Å²) in [5.74, 6) is -0.501. The first kappa shape index (κ1) is 22.8. The third kappa shape index (κ3) is 4.56. The molecule has 6 nitrogen and oxygen atoms in total. The molecule has 0 saturated heterocycles. The number of nitrogens with zero attached hydrogens (tertiary/aromatic N) is 1. The highest BCUT2D eigenvalue weighted by Gasteiger charge is 2.22. The van der Waals surface area contributed by atoms with Crippen molar-refractivity contribution in [1.29, 1.82) is 0 Å². The number of thiazole rings is 1. The maximum absolute atomic E-state index is 13.1. The normalized spacial score (nSPS) is 10.9. The fourth-order valence-electron chi connectivity index (χ4n) is 3.73. The average molecular weight is 502 g/mol. The van der Waals surface area contributed by atoms with Gasteiger partial charge >= 0.3 is 0 Å². The van der Waals surface area contributed by atoms with Crippen molar-refractivity contribution in [2.75, 3.05) is 10.6 Å². The summed E-state index contributed by atoms with van der Waals surface area (Å²) in [5, 5.41) is 8.02. The molecule has 174 valence electrons. The van der Waals surface area contributed by atoms with Crippen LogP contribution >= 0.6 is 22.9 Å². The van der Waals surface area contributed by atoms with E-state index in [4.69, 9.17) is 16.0 Å². The van der Waals surface area contributed by atoms with Crippen LogP contribution in [0.5, 0.6) is 0 Å². The van der Waals surface area contributed by atoms with E-state index in [1.165, 1.54) is 11.3 Å². The molecule has 0 aliphatic heterocycles. The lowest BCUT2D eigenvalue weighted by Gasteiger charge is -2.05. The van der Waals surface area contributed by atoms with Crippen molar-refractivity contribution in [1.82, 2.24) is 4.98 Å². The molecule has 0 aliphatic rings. The summed E-state index contributed by atoms with van der Waals surface area (Å²) >= 11 is 7.44. The van der Waals surface area contributed by atoms with Crippen molar-refractivity contribution in [3.63, 3.8) is 0 Å². The summed E-state index contributed by atoms with van der Waals surface area (Å²) in [6.45, 7) is 3.69. The van der Waals surface area contributed by atoms with Crippen molar-refractivity contribution in [2.24, 2.45) is 0 Å². The van der Waals surface area contributed by atoms with Crippen LogP contribution in [0.2, 0.25) is 5.02 Å². The minimum Gasteiger partial charge on any atom is -0.451 e. The van der Waals surface area contributed by atoms with Gasteiger partial charge in [-0.2, -0.15) is 0 Å². The van der Waals surface area contributed by atoms with Crippen LogP contribution < -0.4 is 10.6 Å². The number of anilines is 2. The van der Waals surface area contributed by atoms with E-state index < -0.39 is 5.91 Å². The van der Waals surface area contributed by atoms with E-state index in [0.717, 1.165) is 16.5 Å². The van der Waals surface area contributed by atoms with Crippen LogP contribution in [-0.4, -0.2) is 16.8 Å². The van der Waals surface area contributed by atoms with Gasteiger partial charge in [0.1, 0.15) is 16.3 Å². The van der Waals surface area contributed by atoms with E-state index >= 15 is 0 Å². The first-order chi connectivity index (χ1) is 16.9. The minimum atomic E-state index is -0.429. The Kier molecular flexibility index (Phi) is 6.11. The van der Waals surface area contributed by atoms with Crippen molar-refractivity contribution in [2.45, 2.75) is 13.8 Å². The number of hydrogen-bond donors (Lipinski definition) is 2. The molecule has 5 rings (SSSR count). The Balaban J connectivity index is 1.47. The monoisotopic (exact) mass is 501 g/mol. The molecule has 2 amide bonds. The van der Waals surface area contributed by atoms with Crippen LogP contribution in [0.15, 0.2) is 77.2 Å². The van der Waals surface area contributed by atoms with E-state index in [-0.39, 0.29) is 11.7 Å². The van der Waals surface area contributed by atoms with Gasteiger partial charge < -0.3 is 9.73 Å². The number of halogens is 1. The predicted molar refractivity (Wildman–Crippen MR) is 141 cm³/mol. The molecular weight excluding hydrogens is 482 g/mol. The van der Waals surface area contributed by atoms with Crippen LogP contribution in [0.4, 0.5) is 10.1 Å². The SMILES string of the molecule is Cc1cc2oc(C(=O)Nc3nc(-c4ccccc4)c(NC(=O)c4ccccc4)s3)c(C)c2cc1Cl. The van der Waals surface area contributed by atoms with Gasteiger partial charge in [-0.25, -0.2) is 4.98 Å². The van der Waals surface area contributed by atoms with Crippen LogP contribution in [0.25, 0.3) is 22.2 Å². The Hall–Kier alpha value is -3.94. The first-order valence-corrected chi connectivity index (χ1v) is 12.0. The molecule has 2 N–H and O–H groups in total. The van der Waals surface area contributed by atoms with Crippen molar-refractivity contribution >= 4 is 55.9 Å². The summed E-state index contributed by atoms with van der Waals surface area (Å²) in [5.41, 5.74) is 4.06. The Labute approximate surface area is 210 Å². The maximum atomic E-state index is 13.1. The topological polar surface area (TPSA) is 84.2 Å². The molecule has 0 atom stereocenters. The highest BCUT2D eigenvalue weighted by Crippen LogP contribution is 2.37. The quantitative estimate of drug-likeness (QED) is 0.264. The third-order valence-electron chi connectivity index (χ3n) is 5.58. The van der Waals surface area contributed by atoms with Crippen molar-refractivity contribution in [3.8, 4) is 11.3 Å². The maximum Gasteiger partial charge on any atom is 0.293 e. The van der Waals surface area contributed by atoms with Gasteiger partial charge in [-0.1, -0.05) is 71.5 Å². The summed E-state index contributed by atoms with van der Waals surface area (Å²) in [6, 6.07) is 22.0. The summed E-state index contributed by atoms with van der Waals surface area (Å²) < 4.78 is 5.85. The molecule has 8 heteroatoms. The predicted octanol–water partition coefficient (Wildman–Crippen LogP) is 7.33. The Morgan fingerprint density at radius 2 is 1.60 bits per heavy atom. The smallest absolute Gasteiger partial charge is 0.293 e. The number of carbonyl (C=O) groups excluding carboxylic acids is 2. The fraction of sp³-hybridized carbons (Fsp3) is 0.0741. The van der Waals surface area contributed by atoms with Gasteiger partial charge in [0.25, 0.3) is 11.8 Å². The molecule has 3 aromatic carbocycles. The van der Waals surface area contributed by atoms with Crippen molar-refractivity contribution in [3.05, 3.63) is 100 Å². The lowest BCUT2D eigenvalue weighted by atomic mass is 10.1. The van der Waals surface area contributed by atoms with Gasteiger partial charge in [0, 0.05) is 27.1 Å². The third-order valence-corrected chi connectivity index (χ3v) is 6.88. The summed E-state index contributed by atoms with van der Waals surface area (Å²) in [6.07, 6.45) is 0. The van der Waals surface area contributed by atoms with Gasteiger partial charge in [-0.3, -0.25) is 14.9 Å². The Morgan fingerprint density at radius 1 is 0.914 bits per heavy atom. The molecule has 0 spiro atoms. The zero-order chi connectivity index (χ0) is 24.5. The number of benzene rings is 3. The van der Waals surface area contributed by atoms with E-state index in [9.17, 15) is 9.59 Å². The largest absolute Gasteiger partial charge is 0.451 e. The van der Waals surface area contributed by atoms with E-state index in [1.807, 2.05) is 56.3 Å². The minimum absolute atomic E-state index is 0.188. The standard InChI is InChI=1S/C27H20ClN3O3S/c1-15-13-21-19(14-20(15)28)16(2)23(34-21)25(33)31-27-29-22(17-9-5-3-6-10-17)26(35-27)30-24(32)18-11-7-4-8-12-18/h3-14H,1-2H3,(H,30,32)(H,29,31,33). The van der Waals surface area contributed by atoms with Gasteiger partial charge in [0.05, 0.1) is 0 Å². The van der Waals surface area contributed by atoms with Gasteiger partial charge in [0.15, 0.2) is 10.9 Å². The second-order valence-corrected chi connectivity index (χ2v) is 9.40. The van der Waals surface area contributed by atoms with Crippen LogP contribution in [0.1, 0.15) is 32.0 Å². The zero-order valence-corrected chi connectivity index (χ0v) is 20.5. The molecule has 2 heterocycles. The van der Waals surface area contributed by atoms with Crippen LogP contribution in [0, 0.1) is 13.8 Å². The van der Waals surface area contributed by atoms with E-state index in [0.29, 0.717) is 37.6 Å². The molecule has 0 unspecified atom stereocenters. The lowest BCUT2D eigenvalue weighted by molar-refractivity contribution is 0.0995. The first-order valence-electron chi connectivity index (χ1n) is 10.8. The summed E-state index contributed by atoms with van der Waals surface area (Å²) in [7, 11) is 0. The van der Waals surface area contributed by atoms with E-state index in [2.05, 4.69) is 15.6 Å². The number of amides is 2. The number of fused-ring (bicyclic) bond motifs is 1. The number of carbonyl (C=O) groups is 2. The van der Waals surface area contributed by atoms with Gasteiger partial charge in [-0.05, 0) is 43.7 Å². The molecule has 0 saturated carbocycles. The highest BCUT2D eigenvalue weighted by atomic mass is 35.5. The molecular formula is C27H20ClN3O3S. The molecule has 0 radical (unpaired) electrons. The zero-order valence-electron chi connectivity index (χ0n) is 18.9. The molecule has 0 aliphatic carbocycles. The van der Waals surface area contributed by atoms with Crippen LogP contribution in [0.3, 0.4) is 0 Å². The number of aromatic nitrogens is 1. The Morgan fingerprint density at radius 3 is 2.31 bits per heavy atom. The average Bonchev–Trinajstić information content (AvgIpc) is 3.41. The fourth-order valence-corrected chi connectivity index (χ4v) is 4.77. The summed E-state index contributed by atoms with van der Waals surface area (Å²) in [4.78, 5) is 30.5. The highest BCUT2D eigenvalue weighted by molar-refractivity contribution is 7.20. The molecule has 0 fully saturated rings. The molecule has 2 aromatic heterocycles. The number of nitrogens with one attached hydrogen (secondary N) is 2. The number of rotatable bonds is 5. The van der Waals surface area contributed by atoms with Gasteiger partial charge in [0.2, 0.25) is 0 Å². The van der Waals surface area contributed by atoms with Crippen molar-refractivity contribution < 1.29 is 14.0 Å². The molecule has 35 heavy (non-hydrogen) atoms. The number of aryl methyl sites for hydroxylation is 2. The van der Waals surface area contributed by atoms with Gasteiger partial charge in [-0.15, -0.1) is 0 Å². The lowest BCUT2D eigenvalue weighted by Crippen LogP contribution is -2.11.